The van der Waals surface area contributed by atoms with Crippen molar-refractivity contribution in [2.45, 2.75) is 13.8 Å². The number of rotatable bonds is 1. The minimum atomic E-state index is -0.200. The number of hydrogen-bond acceptors (Lipinski definition) is 2. The summed E-state index contributed by atoms with van der Waals surface area (Å²) in [7, 11) is 0. The van der Waals surface area contributed by atoms with Crippen molar-refractivity contribution in [2.24, 2.45) is 5.92 Å². The minimum Gasteiger partial charge on any atom is -0.383 e. The van der Waals surface area contributed by atoms with Gasteiger partial charge in [0, 0.05) is 25.7 Å². The third-order valence-corrected chi connectivity index (χ3v) is 3.54. The Morgan fingerprint density at radius 1 is 1.56 bits per heavy atom. The molecular weight excluding hydrogens is 271 g/mol. The highest BCUT2D eigenvalue weighted by atomic mass is 79.9. The van der Waals surface area contributed by atoms with Crippen LogP contribution < -0.4 is 10.2 Å². The highest BCUT2D eigenvalue weighted by Crippen LogP contribution is 2.33. The maximum Gasteiger partial charge on any atom is 0.139 e. The van der Waals surface area contributed by atoms with Crippen LogP contribution in [0.25, 0.3) is 0 Å². The van der Waals surface area contributed by atoms with Gasteiger partial charge in [0.05, 0.1) is 15.8 Å². The summed E-state index contributed by atoms with van der Waals surface area (Å²) < 4.78 is 14.1. The fourth-order valence-electron chi connectivity index (χ4n) is 2.06. The van der Waals surface area contributed by atoms with Crippen LogP contribution in [0.3, 0.4) is 0 Å². The SMILES string of the molecule is CCN1CC(C)CNc2cc(Br)c(F)cc21. The van der Waals surface area contributed by atoms with Gasteiger partial charge in [-0.25, -0.2) is 4.39 Å². The van der Waals surface area contributed by atoms with E-state index in [0.717, 1.165) is 31.0 Å². The summed E-state index contributed by atoms with van der Waals surface area (Å²) in [6, 6.07) is 3.43. The van der Waals surface area contributed by atoms with Gasteiger partial charge in [0.2, 0.25) is 0 Å². The Morgan fingerprint density at radius 2 is 2.31 bits per heavy atom. The molecule has 0 saturated carbocycles. The van der Waals surface area contributed by atoms with E-state index in [1.165, 1.54) is 0 Å². The molecule has 1 atom stereocenters. The highest BCUT2D eigenvalue weighted by molar-refractivity contribution is 9.10. The second-order valence-corrected chi connectivity index (χ2v) is 5.16. The summed E-state index contributed by atoms with van der Waals surface area (Å²) in [5, 5.41) is 3.37. The van der Waals surface area contributed by atoms with E-state index in [1.54, 1.807) is 6.07 Å². The largest absolute Gasteiger partial charge is 0.383 e. The number of benzene rings is 1. The summed E-state index contributed by atoms with van der Waals surface area (Å²) in [5.74, 6) is 0.364. The van der Waals surface area contributed by atoms with Crippen molar-refractivity contribution in [3.63, 3.8) is 0 Å². The molecule has 0 saturated heterocycles. The van der Waals surface area contributed by atoms with Crippen molar-refractivity contribution in [1.29, 1.82) is 0 Å². The molecule has 1 unspecified atom stereocenters. The lowest BCUT2D eigenvalue weighted by molar-refractivity contribution is 0.598. The smallest absolute Gasteiger partial charge is 0.139 e. The molecule has 88 valence electrons. The third kappa shape index (κ3) is 2.17. The predicted octanol–water partition coefficient (Wildman–Crippen LogP) is 3.48. The van der Waals surface area contributed by atoms with E-state index in [2.05, 4.69) is 40.0 Å². The predicted molar refractivity (Wildman–Crippen MR) is 69.6 cm³/mol. The Bertz CT molecular complexity index is 395. The first-order chi connectivity index (χ1) is 7.61. The van der Waals surface area contributed by atoms with Crippen molar-refractivity contribution in [1.82, 2.24) is 0 Å². The van der Waals surface area contributed by atoms with Gasteiger partial charge in [0.1, 0.15) is 5.82 Å². The molecule has 1 aromatic carbocycles. The lowest BCUT2D eigenvalue weighted by Crippen LogP contribution is -2.28. The van der Waals surface area contributed by atoms with Crippen LogP contribution in [0.4, 0.5) is 15.8 Å². The van der Waals surface area contributed by atoms with Gasteiger partial charge in [0.15, 0.2) is 0 Å². The lowest BCUT2D eigenvalue weighted by atomic mass is 10.2. The van der Waals surface area contributed by atoms with E-state index < -0.39 is 0 Å². The van der Waals surface area contributed by atoms with Crippen molar-refractivity contribution >= 4 is 27.3 Å². The van der Waals surface area contributed by atoms with E-state index >= 15 is 0 Å². The molecule has 1 aromatic rings. The molecule has 0 aliphatic carbocycles. The van der Waals surface area contributed by atoms with Crippen LogP contribution in [0.5, 0.6) is 0 Å². The first kappa shape index (κ1) is 11.7. The van der Waals surface area contributed by atoms with Crippen LogP contribution in [0.15, 0.2) is 16.6 Å². The van der Waals surface area contributed by atoms with E-state index in [0.29, 0.717) is 10.4 Å². The third-order valence-electron chi connectivity index (χ3n) is 2.93. The van der Waals surface area contributed by atoms with E-state index in [-0.39, 0.29) is 5.82 Å². The average Bonchev–Trinajstić information content (AvgIpc) is 2.40. The molecule has 0 bridgehead atoms. The number of fused-ring (bicyclic) bond motifs is 1. The van der Waals surface area contributed by atoms with Gasteiger partial charge in [-0.05, 0) is 34.8 Å². The Labute approximate surface area is 104 Å². The van der Waals surface area contributed by atoms with Gasteiger partial charge in [0.25, 0.3) is 0 Å². The van der Waals surface area contributed by atoms with Crippen LogP contribution in [0, 0.1) is 11.7 Å². The number of nitrogens with zero attached hydrogens (tertiary/aromatic N) is 1. The number of anilines is 2. The fourth-order valence-corrected chi connectivity index (χ4v) is 2.41. The molecule has 0 amide bonds. The molecule has 0 fully saturated rings. The fraction of sp³-hybridized carbons (Fsp3) is 0.500. The zero-order valence-electron chi connectivity index (χ0n) is 9.56. The van der Waals surface area contributed by atoms with Crippen LogP contribution in [0.1, 0.15) is 13.8 Å². The Hall–Kier alpha value is -0.770. The summed E-state index contributed by atoms with van der Waals surface area (Å²) in [5.41, 5.74) is 1.98. The zero-order valence-corrected chi connectivity index (χ0v) is 11.1. The second-order valence-electron chi connectivity index (χ2n) is 4.31. The minimum absolute atomic E-state index is 0.200. The Morgan fingerprint density at radius 3 is 3.00 bits per heavy atom. The molecule has 1 N–H and O–H groups in total. The van der Waals surface area contributed by atoms with Crippen molar-refractivity contribution < 1.29 is 4.39 Å². The average molecular weight is 287 g/mol. The first-order valence-corrected chi connectivity index (χ1v) is 6.39. The first-order valence-electron chi connectivity index (χ1n) is 5.59. The zero-order chi connectivity index (χ0) is 11.7. The maximum atomic E-state index is 13.5. The topological polar surface area (TPSA) is 15.3 Å². The van der Waals surface area contributed by atoms with Gasteiger partial charge in [-0.15, -0.1) is 0 Å². The van der Waals surface area contributed by atoms with Crippen molar-refractivity contribution in [3.8, 4) is 0 Å². The quantitative estimate of drug-likeness (QED) is 0.850. The normalized spacial score (nSPS) is 20.0. The van der Waals surface area contributed by atoms with E-state index in [4.69, 9.17) is 0 Å². The van der Waals surface area contributed by atoms with Gasteiger partial charge in [-0.3, -0.25) is 0 Å². The molecule has 1 heterocycles. The Kier molecular flexibility index (Phi) is 3.38. The van der Waals surface area contributed by atoms with Crippen LogP contribution in [-0.4, -0.2) is 19.6 Å². The summed E-state index contributed by atoms with van der Waals surface area (Å²) in [6.07, 6.45) is 0. The molecule has 0 radical (unpaired) electrons. The number of hydrogen-bond donors (Lipinski definition) is 1. The summed E-state index contributed by atoms with van der Waals surface area (Å²) in [4.78, 5) is 2.22. The van der Waals surface area contributed by atoms with Crippen molar-refractivity contribution in [3.05, 3.63) is 22.4 Å². The van der Waals surface area contributed by atoms with Crippen LogP contribution in [-0.2, 0) is 0 Å². The molecule has 4 heteroatoms. The summed E-state index contributed by atoms with van der Waals surface area (Å²) in [6.45, 7) is 7.11. The van der Waals surface area contributed by atoms with Gasteiger partial charge < -0.3 is 10.2 Å². The van der Waals surface area contributed by atoms with E-state index in [9.17, 15) is 4.39 Å². The van der Waals surface area contributed by atoms with E-state index in [1.807, 2.05) is 6.07 Å². The maximum absolute atomic E-state index is 13.5. The number of nitrogens with one attached hydrogen (secondary N) is 1. The van der Waals surface area contributed by atoms with Gasteiger partial charge >= 0.3 is 0 Å². The van der Waals surface area contributed by atoms with Gasteiger partial charge in [-0.2, -0.15) is 0 Å². The number of halogens is 2. The monoisotopic (exact) mass is 286 g/mol. The molecule has 1 aliphatic rings. The lowest BCUT2D eigenvalue weighted by Gasteiger charge is -2.24. The molecule has 0 spiro atoms. The van der Waals surface area contributed by atoms with Crippen molar-refractivity contribution in [2.75, 3.05) is 29.9 Å². The molecule has 2 nitrogen and oxygen atoms in total. The molecular formula is C12H16BrFN2. The summed E-state index contributed by atoms with van der Waals surface area (Å²) >= 11 is 3.22. The van der Waals surface area contributed by atoms with Gasteiger partial charge in [-0.1, -0.05) is 6.92 Å². The molecule has 0 aromatic heterocycles. The molecule has 2 rings (SSSR count). The van der Waals surface area contributed by atoms with Crippen LogP contribution in [0.2, 0.25) is 0 Å². The standard InChI is InChI=1S/C12H16BrFN2/c1-3-16-7-8(2)6-15-11-4-9(13)10(14)5-12(11)16/h4-5,8,15H,3,6-7H2,1-2H3. The molecule has 16 heavy (non-hydrogen) atoms. The molecule has 1 aliphatic heterocycles. The second kappa shape index (κ2) is 4.62. The van der Waals surface area contributed by atoms with Crippen LogP contribution >= 0.6 is 15.9 Å². The highest BCUT2D eigenvalue weighted by Gasteiger charge is 2.19. The Balaban J connectivity index is 2.45.